The molecule has 2 atom stereocenters. The van der Waals surface area contributed by atoms with Crippen molar-refractivity contribution in [1.82, 2.24) is 9.88 Å². The summed E-state index contributed by atoms with van der Waals surface area (Å²) in [6.07, 6.45) is 0.594. The van der Waals surface area contributed by atoms with Crippen LogP contribution in [-0.2, 0) is 9.84 Å². The number of rotatable bonds is 1. The lowest BCUT2D eigenvalue weighted by Crippen LogP contribution is -2.44. The summed E-state index contributed by atoms with van der Waals surface area (Å²) in [7, 11) is -2.94. The number of hydrogen-bond donors (Lipinski definition) is 0. The van der Waals surface area contributed by atoms with Gasteiger partial charge in [-0.25, -0.2) is 13.4 Å². The number of thiazole rings is 1. The van der Waals surface area contributed by atoms with Gasteiger partial charge in [-0.15, -0.1) is 11.3 Å². The molecular weight excluding hydrogens is 260 g/mol. The van der Waals surface area contributed by atoms with Gasteiger partial charge in [-0.05, 0) is 13.3 Å². The first kappa shape index (κ1) is 11.2. The van der Waals surface area contributed by atoms with Crippen LogP contribution in [0.15, 0.2) is 5.38 Å². The number of nitrogens with zero attached hydrogens (tertiary/aromatic N) is 2. The van der Waals surface area contributed by atoms with Crippen molar-refractivity contribution in [1.29, 1.82) is 0 Å². The number of sulfone groups is 1. The van der Waals surface area contributed by atoms with Crippen LogP contribution in [0.1, 0.15) is 21.9 Å². The predicted octanol–water partition coefficient (Wildman–Crippen LogP) is 0.463. The summed E-state index contributed by atoms with van der Waals surface area (Å²) < 4.78 is 23.2. The zero-order valence-electron chi connectivity index (χ0n) is 9.29. The third-order valence-corrected chi connectivity index (χ3v) is 6.39. The Morgan fingerprint density at radius 2 is 2.35 bits per heavy atom. The predicted molar refractivity (Wildman–Crippen MR) is 63.9 cm³/mol. The van der Waals surface area contributed by atoms with E-state index < -0.39 is 9.84 Å². The number of carbonyl (C=O) groups is 1. The molecule has 0 aromatic carbocycles. The fraction of sp³-hybridized carbons (Fsp3) is 0.600. The molecule has 0 radical (unpaired) electrons. The summed E-state index contributed by atoms with van der Waals surface area (Å²) in [4.78, 5) is 18.0. The largest absolute Gasteiger partial charge is 0.332 e. The maximum atomic E-state index is 12.1. The van der Waals surface area contributed by atoms with E-state index in [9.17, 15) is 13.2 Å². The van der Waals surface area contributed by atoms with Crippen LogP contribution in [0.2, 0.25) is 0 Å². The maximum Gasteiger partial charge on any atom is 0.273 e. The van der Waals surface area contributed by atoms with Gasteiger partial charge in [0, 0.05) is 18.0 Å². The number of hydrogen-bond acceptors (Lipinski definition) is 5. The summed E-state index contributed by atoms with van der Waals surface area (Å²) in [5.74, 6) is -0.0104. The van der Waals surface area contributed by atoms with E-state index in [1.807, 2.05) is 6.92 Å². The molecule has 3 heterocycles. The minimum absolute atomic E-state index is 0.118. The molecule has 1 amide bonds. The molecule has 0 spiro atoms. The van der Waals surface area contributed by atoms with Crippen LogP contribution in [0.25, 0.3) is 0 Å². The van der Waals surface area contributed by atoms with Crippen molar-refractivity contribution >= 4 is 27.1 Å². The van der Waals surface area contributed by atoms with Crippen LogP contribution in [0.5, 0.6) is 0 Å². The van der Waals surface area contributed by atoms with Gasteiger partial charge < -0.3 is 4.90 Å². The fourth-order valence-corrected chi connectivity index (χ4v) is 5.17. The third kappa shape index (κ3) is 1.68. The molecule has 2 aliphatic rings. The van der Waals surface area contributed by atoms with Crippen molar-refractivity contribution < 1.29 is 13.2 Å². The van der Waals surface area contributed by atoms with Crippen LogP contribution in [-0.4, -0.2) is 47.8 Å². The van der Waals surface area contributed by atoms with Crippen LogP contribution < -0.4 is 0 Å². The van der Waals surface area contributed by atoms with Crippen molar-refractivity contribution in [2.24, 2.45) is 0 Å². The molecule has 5 nitrogen and oxygen atoms in total. The molecule has 2 saturated heterocycles. The van der Waals surface area contributed by atoms with Crippen molar-refractivity contribution in [3.63, 3.8) is 0 Å². The van der Waals surface area contributed by atoms with Gasteiger partial charge in [0.25, 0.3) is 5.91 Å². The number of aromatic nitrogens is 1. The highest BCUT2D eigenvalue weighted by atomic mass is 32.2. The number of aryl methyl sites for hydroxylation is 1. The second kappa shape index (κ2) is 3.52. The van der Waals surface area contributed by atoms with Gasteiger partial charge in [-0.3, -0.25) is 4.79 Å². The van der Waals surface area contributed by atoms with Crippen LogP contribution >= 0.6 is 11.3 Å². The zero-order chi connectivity index (χ0) is 12.2. The van der Waals surface area contributed by atoms with Crippen LogP contribution in [0.3, 0.4) is 0 Å². The van der Waals surface area contributed by atoms with E-state index in [1.165, 1.54) is 11.3 Å². The lowest BCUT2D eigenvalue weighted by Gasteiger charge is -2.26. The first-order chi connectivity index (χ1) is 7.97. The van der Waals surface area contributed by atoms with E-state index >= 15 is 0 Å². The molecule has 3 rings (SSSR count). The summed E-state index contributed by atoms with van der Waals surface area (Å²) in [6.45, 7) is 2.18. The highest BCUT2D eigenvalue weighted by Gasteiger charge is 2.50. The number of carbonyl (C=O) groups excluding carboxylic acids is 1. The Hall–Kier alpha value is -0.950. The normalized spacial score (nSPS) is 29.8. The molecule has 7 heteroatoms. The quantitative estimate of drug-likeness (QED) is 0.745. The fourth-order valence-electron chi connectivity index (χ4n) is 2.55. The van der Waals surface area contributed by atoms with Gasteiger partial charge in [0.05, 0.1) is 16.0 Å². The second-order valence-corrected chi connectivity index (χ2v) is 7.94. The van der Waals surface area contributed by atoms with E-state index in [2.05, 4.69) is 4.98 Å². The molecule has 1 aromatic heterocycles. The van der Waals surface area contributed by atoms with Gasteiger partial charge >= 0.3 is 0 Å². The molecule has 2 bridgehead atoms. The van der Waals surface area contributed by atoms with Gasteiger partial charge in [0.1, 0.15) is 5.69 Å². The molecular formula is C10H12N2O3S2. The van der Waals surface area contributed by atoms with Crippen LogP contribution in [0, 0.1) is 6.92 Å². The summed E-state index contributed by atoms with van der Waals surface area (Å²) in [5.41, 5.74) is 0.442. The molecule has 1 aromatic rings. The Morgan fingerprint density at radius 1 is 1.59 bits per heavy atom. The van der Waals surface area contributed by atoms with E-state index in [-0.39, 0.29) is 23.0 Å². The lowest BCUT2D eigenvalue weighted by atomic mass is 10.2. The van der Waals surface area contributed by atoms with Crippen molar-refractivity contribution in [2.45, 2.75) is 24.6 Å². The Balaban J connectivity index is 1.83. The highest BCUT2D eigenvalue weighted by Crippen LogP contribution is 2.33. The van der Waals surface area contributed by atoms with E-state index in [0.29, 0.717) is 18.7 Å². The molecule has 17 heavy (non-hydrogen) atoms. The van der Waals surface area contributed by atoms with Crippen molar-refractivity contribution in [3.05, 3.63) is 16.1 Å². The average Bonchev–Trinajstić information content (AvgIpc) is 2.89. The van der Waals surface area contributed by atoms with Gasteiger partial charge in [0.15, 0.2) is 9.84 Å². The third-order valence-electron chi connectivity index (χ3n) is 3.41. The molecule has 0 aliphatic carbocycles. The lowest BCUT2D eigenvalue weighted by molar-refractivity contribution is 0.0740. The monoisotopic (exact) mass is 272 g/mol. The molecule has 92 valence electrons. The number of amides is 1. The van der Waals surface area contributed by atoms with Gasteiger partial charge in [-0.2, -0.15) is 0 Å². The van der Waals surface area contributed by atoms with E-state index in [0.717, 1.165) is 5.01 Å². The Labute approximate surface area is 103 Å². The molecule has 0 saturated carbocycles. The van der Waals surface area contributed by atoms with Gasteiger partial charge in [-0.1, -0.05) is 0 Å². The Morgan fingerprint density at radius 3 is 2.82 bits per heavy atom. The van der Waals surface area contributed by atoms with Gasteiger partial charge in [0.2, 0.25) is 0 Å². The highest BCUT2D eigenvalue weighted by molar-refractivity contribution is 7.92. The standard InChI is InChI=1S/C10H12N2O3S2/c1-6-11-9(4-16-6)10(13)12-3-8-2-7(12)5-17(8,14)15/h4,7-8H,2-3,5H2,1H3/t7-,8+/m0/s1. The molecule has 2 aliphatic heterocycles. The molecule has 0 N–H and O–H groups in total. The SMILES string of the molecule is Cc1nc(C(=O)N2C[C@H]3C[C@H]2CS3(=O)=O)cs1. The topological polar surface area (TPSA) is 67.3 Å². The Bertz CT molecular complexity index is 578. The summed E-state index contributed by atoms with van der Waals surface area (Å²) in [6, 6.07) is -0.139. The van der Waals surface area contributed by atoms with E-state index in [4.69, 9.17) is 0 Å². The maximum absolute atomic E-state index is 12.1. The Kier molecular flexibility index (Phi) is 2.31. The van der Waals surface area contributed by atoms with Crippen molar-refractivity contribution in [2.75, 3.05) is 12.3 Å². The van der Waals surface area contributed by atoms with Crippen LogP contribution in [0.4, 0.5) is 0 Å². The van der Waals surface area contributed by atoms with E-state index in [1.54, 1.807) is 10.3 Å². The van der Waals surface area contributed by atoms with Crippen molar-refractivity contribution in [3.8, 4) is 0 Å². The zero-order valence-corrected chi connectivity index (χ0v) is 10.9. The minimum Gasteiger partial charge on any atom is -0.332 e. The smallest absolute Gasteiger partial charge is 0.273 e. The number of likely N-dealkylation sites (tertiary alicyclic amines) is 1. The second-order valence-electron chi connectivity index (χ2n) is 4.55. The average molecular weight is 272 g/mol. The summed E-state index contributed by atoms with van der Waals surface area (Å²) >= 11 is 1.43. The molecule has 0 unspecified atom stereocenters. The first-order valence-corrected chi connectivity index (χ1v) is 8.01. The molecule has 2 fully saturated rings. The summed E-state index contributed by atoms with van der Waals surface area (Å²) in [5, 5.41) is 2.24. The number of fused-ring (bicyclic) bond motifs is 2. The minimum atomic E-state index is -2.94. The first-order valence-electron chi connectivity index (χ1n) is 5.42.